The number of benzene rings is 4. The van der Waals surface area contributed by atoms with Crippen molar-refractivity contribution in [2.24, 2.45) is 0 Å². The summed E-state index contributed by atoms with van der Waals surface area (Å²) in [4.78, 5) is 7.65. The topological polar surface area (TPSA) is 22.1 Å². The minimum atomic E-state index is -1.91. The van der Waals surface area contributed by atoms with Crippen LogP contribution in [0.15, 0.2) is 102 Å². The van der Waals surface area contributed by atoms with Crippen LogP contribution in [0.3, 0.4) is 0 Å². The second-order valence-corrected chi connectivity index (χ2v) is 20.0. The third-order valence-corrected chi connectivity index (χ3v) is 15.5. The van der Waals surface area contributed by atoms with Crippen LogP contribution < -0.4 is 4.43 Å². The van der Waals surface area contributed by atoms with E-state index in [1.807, 2.05) is 23.1 Å². The second kappa shape index (κ2) is 12.9. The molecule has 0 aliphatic rings. The number of aromatic nitrogens is 1. The van der Waals surface area contributed by atoms with Gasteiger partial charge in [-0.15, -0.1) is 23.1 Å². The van der Waals surface area contributed by atoms with E-state index < -0.39 is 8.32 Å². The van der Waals surface area contributed by atoms with Gasteiger partial charge in [0.15, 0.2) is 0 Å². The highest BCUT2D eigenvalue weighted by Crippen LogP contribution is 2.45. The lowest BCUT2D eigenvalue weighted by Gasteiger charge is -2.37. The Balaban J connectivity index is 1.45. The van der Waals surface area contributed by atoms with E-state index in [0.29, 0.717) is 0 Å². The summed E-state index contributed by atoms with van der Waals surface area (Å²) in [5, 5.41) is 1.49. The van der Waals surface area contributed by atoms with Crippen molar-refractivity contribution in [3.05, 3.63) is 124 Å². The van der Waals surface area contributed by atoms with Gasteiger partial charge in [0.25, 0.3) is 0 Å². The largest absolute Gasteiger partial charge is 0.543 e. The fourth-order valence-electron chi connectivity index (χ4n) is 4.79. The Morgan fingerprint density at radius 1 is 0.791 bits per heavy atom. The van der Waals surface area contributed by atoms with Gasteiger partial charge in [0.05, 0.1) is 5.69 Å². The maximum absolute atomic E-state index is 6.69. The summed E-state index contributed by atoms with van der Waals surface area (Å²) in [6.07, 6.45) is 0.928. The Labute approximate surface area is 267 Å². The Morgan fingerprint density at radius 2 is 1.42 bits per heavy atom. The predicted molar refractivity (Wildman–Crippen MR) is 190 cm³/mol. The van der Waals surface area contributed by atoms with Crippen molar-refractivity contribution in [1.29, 1.82) is 0 Å². The summed E-state index contributed by atoms with van der Waals surface area (Å²) in [6, 6.07) is 35.1. The van der Waals surface area contributed by atoms with E-state index in [0.717, 1.165) is 22.9 Å². The van der Waals surface area contributed by atoms with Gasteiger partial charge >= 0.3 is 0 Å². The first-order chi connectivity index (χ1) is 20.4. The van der Waals surface area contributed by atoms with E-state index in [-0.39, 0.29) is 10.3 Å². The smallest absolute Gasteiger partial charge is 0.250 e. The zero-order valence-electron chi connectivity index (χ0n) is 26.7. The molecule has 5 aromatic rings. The van der Waals surface area contributed by atoms with Crippen LogP contribution in [0, 0.1) is 20.8 Å². The standard InChI is InChI=1S/C38H43NOS2Si/c1-26-14-18-32(19-15-26)37-39-28(3)36(42-37)35(25-29-16-20-31(21-17-29)30-12-10-9-11-13-30)41-33-22-23-34(27(2)24-33)40-43(7,8)38(4,5)6/h9-24,35H,25H2,1-8H3. The molecule has 0 aliphatic heterocycles. The summed E-state index contributed by atoms with van der Waals surface area (Å²) in [7, 11) is -1.91. The van der Waals surface area contributed by atoms with E-state index in [4.69, 9.17) is 9.41 Å². The molecule has 0 saturated carbocycles. The number of thiazole rings is 1. The van der Waals surface area contributed by atoms with Gasteiger partial charge in [-0.05, 0) is 85.8 Å². The third-order valence-electron chi connectivity index (χ3n) is 8.50. The number of nitrogens with zero attached hydrogens (tertiary/aromatic N) is 1. The molecule has 1 unspecified atom stereocenters. The van der Waals surface area contributed by atoms with Crippen LogP contribution in [0.5, 0.6) is 5.75 Å². The fraction of sp³-hybridized carbons (Fsp3) is 0.289. The molecule has 43 heavy (non-hydrogen) atoms. The zero-order chi connectivity index (χ0) is 30.8. The average Bonchev–Trinajstić information content (AvgIpc) is 3.36. The molecule has 0 fully saturated rings. The van der Waals surface area contributed by atoms with Crippen molar-refractivity contribution in [2.45, 2.75) is 76.2 Å². The van der Waals surface area contributed by atoms with Gasteiger partial charge in [0.1, 0.15) is 10.8 Å². The zero-order valence-corrected chi connectivity index (χ0v) is 29.3. The molecular weight excluding hydrogens is 579 g/mol. The minimum Gasteiger partial charge on any atom is -0.543 e. The lowest BCUT2D eigenvalue weighted by atomic mass is 10.0. The number of thioether (sulfide) groups is 1. The third kappa shape index (κ3) is 7.51. The molecular formula is C38H43NOS2Si. The van der Waals surface area contributed by atoms with E-state index >= 15 is 0 Å². The number of aryl methyl sites for hydroxylation is 3. The van der Waals surface area contributed by atoms with E-state index in [2.05, 4.69) is 152 Å². The maximum atomic E-state index is 6.69. The van der Waals surface area contributed by atoms with Crippen LogP contribution in [0.2, 0.25) is 18.1 Å². The van der Waals surface area contributed by atoms with E-state index in [1.165, 1.54) is 43.2 Å². The van der Waals surface area contributed by atoms with Gasteiger partial charge in [-0.2, -0.15) is 0 Å². The van der Waals surface area contributed by atoms with Crippen LogP contribution >= 0.6 is 23.1 Å². The molecule has 1 aromatic heterocycles. The predicted octanol–water partition coefficient (Wildman–Crippen LogP) is 11.9. The summed E-state index contributed by atoms with van der Waals surface area (Å²) in [5.74, 6) is 1.01. The van der Waals surface area contributed by atoms with Crippen LogP contribution in [0.1, 0.15) is 53.3 Å². The van der Waals surface area contributed by atoms with Crippen molar-refractivity contribution in [1.82, 2.24) is 4.98 Å². The molecule has 5 rings (SSSR count). The molecule has 1 heterocycles. The SMILES string of the molecule is Cc1ccc(-c2nc(C)c(C(Cc3ccc(-c4ccccc4)cc3)Sc3ccc(O[Si](C)(C)C(C)(C)C)c(C)c3)s2)cc1. The number of rotatable bonds is 9. The van der Waals surface area contributed by atoms with Crippen molar-refractivity contribution < 1.29 is 4.43 Å². The Hall–Kier alpha value is -3.12. The highest BCUT2D eigenvalue weighted by atomic mass is 32.2. The second-order valence-electron chi connectivity index (χ2n) is 13.0. The van der Waals surface area contributed by atoms with Crippen LogP contribution in [0.4, 0.5) is 0 Å². The van der Waals surface area contributed by atoms with E-state index in [1.54, 1.807) is 0 Å². The van der Waals surface area contributed by atoms with Crippen LogP contribution in [-0.2, 0) is 6.42 Å². The molecule has 0 bridgehead atoms. The highest BCUT2D eigenvalue weighted by Gasteiger charge is 2.39. The highest BCUT2D eigenvalue weighted by molar-refractivity contribution is 7.99. The van der Waals surface area contributed by atoms with Gasteiger partial charge in [-0.25, -0.2) is 4.98 Å². The van der Waals surface area contributed by atoms with Gasteiger partial charge in [-0.3, -0.25) is 0 Å². The van der Waals surface area contributed by atoms with Gasteiger partial charge in [0.2, 0.25) is 8.32 Å². The van der Waals surface area contributed by atoms with Crippen LogP contribution in [0.25, 0.3) is 21.7 Å². The summed E-state index contributed by atoms with van der Waals surface area (Å²) in [6.45, 7) is 18.0. The lowest BCUT2D eigenvalue weighted by Crippen LogP contribution is -2.44. The van der Waals surface area contributed by atoms with Crippen LogP contribution in [-0.4, -0.2) is 13.3 Å². The quantitative estimate of drug-likeness (QED) is 0.121. The molecule has 2 nitrogen and oxygen atoms in total. The lowest BCUT2D eigenvalue weighted by molar-refractivity contribution is 0.489. The maximum Gasteiger partial charge on any atom is 0.250 e. The molecule has 0 amide bonds. The monoisotopic (exact) mass is 621 g/mol. The first-order valence-electron chi connectivity index (χ1n) is 15.0. The van der Waals surface area contributed by atoms with Crippen molar-refractivity contribution in [3.8, 4) is 27.4 Å². The van der Waals surface area contributed by atoms with Gasteiger partial charge in [0, 0.05) is 20.6 Å². The Morgan fingerprint density at radius 3 is 2.05 bits per heavy atom. The molecule has 0 N–H and O–H groups in total. The molecule has 0 aliphatic carbocycles. The average molecular weight is 622 g/mol. The molecule has 0 saturated heterocycles. The summed E-state index contributed by atoms with van der Waals surface area (Å²) < 4.78 is 6.69. The van der Waals surface area contributed by atoms with Gasteiger partial charge in [-0.1, -0.05) is 105 Å². The molecule has 0 spiro atoms. The normalized spacial score (nSPS) is 12.7. The summed E-state index contributed by atoms with van der Waals surface area (Å²) >= 11 is 3.77. The van der Waals surface area contributed by atoms with Crippen molar-refractivity contribution in [2.75, 3.05) is 0 Å². The number of hydrogen-bond donors (Lipinski definition) is 0. The molecule has 5 heteroatoms. The van der Waals surface area contributed by atoms with E-state index in [9.17, 15) is 0 Å². The molecule has 222 valence electrons. The first-order valence-corrected chi connectivity index (χ1v) is 19.6. The molecule has 4 aromatic carbocycles. The minimum absolute atomic E-state index is 0.160. The fourth-order valence-corrected chi connectivity index (χ4v) is 8.49. The Bertz CT molecular complexity index is 1670. The van der Waals surface area contributed by atoms with Crippen molar-refractivity contribution in [3.63, 3.8) is 0 Å². The Kier molecular flexibility index (Phi) is 9.36. The number of hydrogen-bond acceptors (Lipinski definition) is 4. The van der Waals surface area contributed by atoms with Gasteiger partial charge < -0.3 is 4.43 Å². The first kappa shape index (κ1) is 31.3. The van der Waals surface area contributed by atoms with Crippen molar-refractivity contribution >= 4 is 31.4 Å². The molecule has 1 atom stereocenters. The summed E-state index contributed by atoms with van der Waals surface area (Å²) in [5.41, 5.74) is 8.59. The molecule has 0 radical (unpaired) electrons.